The van der Waals surface area contributed by atoms with E-state index in [0.29, 0.717) is 13.1 Å². The highest BCUT2D eigenvalue weighted by Crippen LogP contribution is 2.15. The maximum atomic E-state index is 12.0. The van der Waals surface area contributed by atoms with Crippen LogP contribution < -0.4 is 0 Å². The fourth-order valence-corrected chi connectivity index (χ4v) is 1.93. The first-order valence-corrected chi connectivity index (χ1v) is 6.83. The van der Waals surface area contributed by atoms with Gasteiger partial charge in [0.25, 0.3) is 0 Å². The Morgan fingerprint density at radius 2 is 2.06 bits per heavy atom. The van der Waals surface area contributed by atoms with E-state index in [1.54, 1.807) is 4.90 Å². The molecule has 0 aromatic heterocycles. The van der Waals surface area contributed by atoms with Gasteiger partial charge in [0.2, 0.25) is 0 Å². The molecular weight excluding hydrogens is 294 g/mol. The Morgan fingerprint density at radius 3 is 2.56 bits per heavy atom. The van der Waals surface area contributed by atoms with Crippen molar-refractivity contribution in [2.75, 3.05) is 6.54 Å². The van der Waals surface area contributed by atoms with E-state index >= 15 is 0 Å². The van der Waals surface area contributed by atoms with Crippen molar-refractivity contribution >= 4 is 22.0 Å². The van der Waals surface area contributed by atoms with Gasteiger partial charge in [0, 0.05) is 17.6 Å². The average Bonchev–Trinajstić information content (AvgIpc) is 2.23. The monoisotopic (exact) mass is 313 g/mol. The summed E-state index contributed by atoms with van der Waals surface area (Å²) in [6.45, 7) is 8.75. The van der Waals surface area contributed by atoms with Gasteiger partial charge in [-0.15, -0.1) is 0 Å². The number of carbonyl (C=O) groups excluding carboxylic acids is 1. The van der Waals surface area contributed by atoms with Crippen molar-refractivity contribution in [1.29, 1.82) is 0 Å². The van der Waals surface area contributed by atoms with Crippen LogP contribution >= 0.6 is 15.9 Å². The lowest BCUT2D eigenvalue weighted by atomic mass is 10.2. The molecule has 1 amide bonds. The summed E-state index contributed by atoms with van der Waals surface area (Å²) in [6.07, 6.45) is -0.273. The molecule has 1 aromatic rings. The molecule has 0 atom stereocenters. The summed E-state index contributed by atoms with van der Waals surface area (Å²) >= 11 is 3.43. The number of ether oxygens (including phenoxy) is 1. The van der Waals surface area contributed by atoms with Crippen LogP contribution in [0.15, 0.2) is 28.7 Å². The largest absolute Gasteiger partial charge is 0.444 e. The van der Waals surface area contributed by atoms with Gasteiger partial charge in [-0.2, -0.15) is 0 Å². The average molecular weight is 314 g/mol. The highest BCUT2D eigenvalue weighted by atomic mass is 79.9. The number of benzene rings is 1. The van der Waals surface area contributed by atoms with Gasteiger partial charge in [-0.05, 0) is 45.4 Å². The highest BCUT2D eigenvalue weighted by molar-refractivity contribution is 9.10. The molecule has 0 heterocycles. The third kappa shape index (κ3) is 5.08. The molecule has 0 aliphatic rings. The Hall–Kier alpha value is -1.03. The van der Waals surface area contributed by atoms with Crippen molar-refractivity contribution in [3.05, 3.63) is 34.3 Å². The fourth-order valence-electron chi connectivity index (χ4n) is 1.49. The van der Waals surface area contributed by atoms with E-state index in [0.717, 1.165) is 10.0 Å². The van der Waals surface area contributed by atoms with Crippen LogP contribution in [0.1, 0.15) is 33.3 Å². The minimum atomic E-state index is -0.457. The van der Waals surface area contributed by atoms with Gasteiger partial charge in [0.15, 0.2) is 0 Å². The van der Waals surface area contributed by atoms with E-state index in [1.165, 1.54) is 0 Å². The lowest BCUT2D eigenvalue weighted by molar-refractivity contribution is 0.0244. The molecule has 0 N–H and O–H groups in total. The summed E-state index contributed by atoms with van der Waals surface area (Å²) in [5.41, 5.74) is 0.624. The first-order valence-electron chi connectivity index (χ1n) is 6.04. The van der Waals surface area contributed by atoms with Crippen LogP contribution in [-0.4, -0.2) is 23.1 Å². The van der Waals surface area contributed by atoms with E-state index in [4.69, 9.17) is 4.74 Å². The minimum Gasteiger partial charge on any atom is -0.444 e. The zero-order chi connectivity index (χ0) is 13.8. The van der Waals surface area contributed by atoms with Crippen LogP contribution in [0.5, 0.6) is 0 Å². The molecule has 4 heteroatoms. The van der Waals surface area contributed by atoms with Crippen molar-refractivity contribution in [3.63, 3.8) is 0 Å². The van der Waals surface area contributed by atoms with Gasteiger partial charge in [-0.1, -0.05) is 28.1 Å². The number of rotatable bonds is 3. The molecule has 0 aliphatic heterocycles. The van der Waals surface area contributed by atoms with Gasteiger partial charge in [0.1, 0.15) is 5.60 Å². The lowest BCUT2D eigenvalue weighted by Crippen LogP contribution is -2.36. The van der Waals surface area contributed by atoms with Gasteiger partial charge >= 0.3 is 6.09 Å². The molecule has 18 heavy (non-hydrogen) atoms. The molecular formula is C14H20BrNO2. The van der Waals surface area contributed by atoms with E-state index < -0.39 is 5.60 Å². The summed E-state index contributed by atoms with van der Waals surface area (Å²) in [4.78, 5) is 13.7. The standard InChI is InChI=1S/C14H20BrNO2/c1-5-16(13(17)18-14(2,3)4)10-11-7-6-8-12(15)9-11/h6-9H,5,10H2,1-4H3. The molecule has 0 radical (unpaired) electrons. The minimum absolute atomic E-state index is 0.273. The lowest BCUT2D eigenvalue weighted by Gasteiger charge is -2.26. The van der Waals surface area contributed by atoms with Crippen LogP contribution in [0.2, 0.25) is 0 Å². The summed E-state index contributed by atoms with van der Waals surface area (Å²) in [7, 11) is 0. The van der Waals surface area contributed by atoms with Gasteiger partial charge < -0.3 is 9.64 Å². The van der Waals surface area contributed by atoms with Crippen molar-refractivity contribution < 1.29 is 9.53 Å². The highest BCUT2D eigenvalue weighted by Gasteiger charge is 2.21. The molecule has 0 bridgehead atoms. The number of halogens is 1. The molecule has 3 nitrogen and oxygen atoms in total. The summed E-state index contributed by atoms with van der Waals surface area (Å²) < 4.78 is 6.38. The third-order valence-corrected chi connectivity index (χ3v) is 2.79. The number of nitrogens with zero attached hydrogens (tertiary/aromatic N) is 1. The van der Waals surface area contributed by atoms with Crippen molar-refractivity contribution in [2.45, 2.75) is 39.8 Å². The summed E-state index contributed by atoms with van der Waals surface area (Å²) in [5, 5.41) is 0. The van der Waals surface area contributed by atoms with E-state index in [2.05, 4.69) is 15.9 Å². The predicted octanol–water partition coefficient (Wildman–Crippen LogP) is 4.21. The van der Waals surface area contributed by atoms with E-state index in [9.17, 15) is 4.79 Å². The second kappa shape index (κ2) is 6.23. The Bertz CT molecular complexity index is 413. The molecule has 100 valence electrons. The number of hydrogen-bond acceptors (Lipinski definition) is 2. The number of hydrogen-bond donors (Lipinski definition) is 0. The van der Waals surface area contributed by atoms with Crippen molar-refractivity contribution in [2.24, 2.45) is 0 Å². The zero-order valence-electron chi connectivity index (χ0n) is 11.4. The fraction of sp³-hybridized carbons (Fsp3) is 0.500. The predicted molar refractivity (Wildman–Crippen MR) is 76.5 cm³/mol. The van der Waals surface area contributed by atoms with E-state index in [-0.39, 0.29) is 6.09 Å². The molecule has 0 spiro atoms. The molecule has 0 aliphatic carbocycles. The Kier molecular flexibility index (Phi) is 5.20. The molecule has 0 unspecified atom stereocenters. The Balaban J connectivity index is 2.70. The first kappa shape index (κ1) is 15.0. The third-order valence-electron chi connectivity index (χ3n) is 2.30. The van der Waals surface area contributed by atoms with Gasteiger partial charge in [-0.3, -0.25) is 0 Å². The maximum Gasteiger partial charge on any atom is 0.410 e. The normalized spacial score (nSPS) is 11.2. The van der Waals surface area contributed by atoms with Crippen molar-refractivity contribution in [1.82, 2.24) is 4.90 Å². The molecule has 1 rings (SSSR count). The second-order valence-electron chi connectivity index (χ2n) is 5.12. The van der Waals surface area contributed by atoms with Gasteiger partial charge in [-0.25, -0.2) is 4.79 Å². The smallest absolute Gasteiger partial charge is 0.410 e. The molecule has 0 fully saturated rings. The summed E-state index contributed by atoms with van der Waals surface area (Å²) in [6, 6.07) is 7.93. The molecule has 0 saturated heterocycles. The van der Waals surface area contributed by atoms with Crippen LogP contribution in [0, 0.1) is 0 Å². The second-order valence-corrected chi connectivity index (χ2v) is 6.04. The van der Waals surface area contributed by atoms with Crippen LogP contribution in [-0.2, 0) is 11.3 Å². The Morgan fingerprint density at radius 1 is 1.39 bits per heavy atom. The maximum absolute atomic E-state index is 12.0. The Labute approximate surface area is 117 Å². The first-order chi connectivity index (χ1) is 8.31. The SMILES string of the molecule is CCN(Cc1cccc(Br)c1)C(=O)OC(C)(C)C. The number of amides is 1. The van der Waals surface area contributed by atoms with Crippen LogP contribution in [0.25, 0.3) is 0 Å². The van der Waals surface area contributed by atoms with Crippen molar-refractivity contribution in [3.8, 4) is 0 Å². The number of carbonyl (C=O) groups is 1. The van der Waals surface area contributed by atoms with E-state index in [1.807, 2.05) is 52.0 Å². The molecule has 0 saturated carbocycles. The topological polar surface area (TPSA) is 29.5 Å². The van der Waals surface area contributed by atoms with Crippen LogP contribution in [0.3, 0.4) is 0 Å². The van der Waals surface area contributed by atoms with Gasteiger partial charge in [0.05, 0.1) is 0 Å². The zero-order valence-corrected chi connectivity index (χ0v) is 13.0. The molecule has 1 aromatic carbocycles. The quantitative estimate of drug-likeness (QED) is 0.836. The summed E-state index contributed by atoms with van der Waals surface area (Å²) in [5.74, 6) is 0. The van der Waals surface area contributed by atoms with Crippen LogP contribution in [0.4, 0.5) is 4.79 Å².